The molecule has 1 amide bonds. The van der Waals surface area contributed by atoms with E-state index in [9.17, 15) is 4.79 Å². The van der Waals surface area contributed by atoms with Crippen molar-refractivity contribution in [3.63, 3.8) is 0 Å². The summed E-state index contributed by atoms with van der Waals surface area (Å²) in [5.41, 5.74) is 7.27. The highest BCUT2D eigenvalue weighted by molar-refractivity contribution is 6.05. The van der Waals surface area contributed by atoms with E-state index in [1.54, 1.807) is 6.20 Å². The number of rotatable bonds is 5. The number of primary amides is 1. The lowest BCUT2D eigenvalue weighted by Gasteiger charge is -2.33. The van der Waals surface area contributed by atoms with Crippen molar-refractivity contribution < 1.29 is 9.53 Å². The van der Waals surface area contributed by atoms with Gasteiger partial charge in [-0.15, -0.1) is 0 Å². The normalized spacial score (nSPS) is 21.5. The minimum absolute atomic E-state index is 0.0536. The van der Waals surface area contributed by atoms with Crippen molar-refractivity contribution in [3.8, 4) is 0 Å². The molecule has 22 heavy (non-hydrogen) atoms. The first-order valence-corrected chi connectivity index (χ1v) is 7.20. The summed E-state index contributed by atoms with van der Waals surface area (Å²) < 4.78 is 5.56. The Morgan fingerprint density at radius 1 is 1.59 bits per heavy atom. The van der Waals surface area contributed by atoms with Crippen LogP contribution in [0.15, 0.2) is 31.3 Å². The molecule has 7 nitrogen and oxygen atoms in total. The molecule has 0 aliphatic carbocycles. The zero-order chi connectivity index (χ0) is 15.5. The number of H-pyrrole nitrogens is 1. The van der Waals surface area contributed by atoms with Crippen LogP contribution in [-0.4, -0.2) is 41.1 Å². The highest BCUT2D eigenvalue weighted by atomic mass is 16.5. The molecule has 3 heterocycles. The fourth-order valence-electron chi connectivity index (χ4n) is 2.80. The second-order valence-electron chi connectivity index (χ2n) is 5.24. The maximum Gasteiger partial charge on any atom is 0.252 e. The fourth-order valence-corrected chi connectivity index (χ4v) is 2.80. The van der Waals surface area contributed by atoms with Crippen molar-refractivity contribution >= 4 is 22.6 Å². The Bertz CT molecular complexity index is 696. The Balaban J connectivity index is 1.97. The molecular weight excluding hydrogens is 282 g/mol. The number of carbonyl (C=O) groups is 1. The SMILES string of the molecule is C=CO[C@H]1CNCC[C@H]1Nc1c(C(N)=O)cnc2[nH]ccc12. The van der Waals surface area contributed by atoms with Gasteiger partial charge in [-0.25, -0.2) is 4.98 Å². The van der Waals surface area contributed by atoms with Crippen LogP contribution in [0, 0.1) is 0 Å². The molecule has 0 aromatic carbocycles. The van der Waals surface area contributed by atoms with Crippen LogP contribution in [0.2, 0.25) is 0 Å². The topological polar surface area (TPSA) is 105 Å². The second-order valence-corrected chi connectivity index (χ2v) is 5.24. The zero-order valence-electron chi connectivity index (χ0n) is 12.1. The number of ether oxygens (including phenoxy) is 1. The molecule has 1 fully saturated rings. The van der Waals surface area contributed by atoms with E-state index < -0.39 is 5.91 Å². The maximum absolute atomic E-state index is 11.7. The van der Waals surface area contributed by atoms with E-state index in [0.717, 1.165) is 24.9 Å². The van der Waals surface area contributed by atoms with Crippen molar-refractivity contribution in [2.75, 3.05) is 18.4 Å². The van der Waals surface area contributed by atoms with Gasteiger partial charge in [0, 0.05) is 24.3 Å². The van der Waals surface area contributed by atoms with Crippen LogP contribution >= 0.6 is 0 Å². The Hall–Kier alpha value is -2.54. The summed E-state index contributed by atoms with van der Waals surface area (Å²) >= 11 is 0. The highest BCUT2D eigenvalue weighted by Crippen LogP contribution is 2.27. The smallest absolute Gasteiger partial charge is 0.252 e. The number of piperidine rings is 1. The number of pyridine rings is 1. The van der Waals surface area contributed by atoms with Crippen LogP contribution in [0.4, 0.5) is 5.69 Å². The van der Waals surface area contributed by atoms with Gasteiger partial charge in [-0.3, -0.25) is 4.79 Å². The van der Waals surface area contributed by atoms with E-state index in [2.05, 4.69) is 27.2 Å². The Kier molecular flexibility index (Phi) is 3.97. The summed E-state index contributed by atoms with van der Waals surface area (Å²) in [5.74, 6) is -0.506. The van der Waals surface area contributed by atoms with E-state index in [0.29, 0.717) is 16.9 Å². The molecule has 2 atom stereocenters. The van der Waals surface area contributed by atoms with Gasteiger partial charge in [-0.05, 0) is 19.0 Å². The van der Waals surface area contributed by atoms with Gasteiger partial charge in [0.15, 0.2) is 0 Å². The lowest BCUT2D eigenvalue weighted by Crippen LogP contribution is -2.48. The first-order chi connectivity index (χ1) is 10.7. The van der Waals surface area contributed by atoms with Crippen molar-refractivity contribution in [3.05, 3.63) is 36.9 Å². The molecular formula is C15H19N5O2. The van der Waals surface area contributed by atoms with Crippen LogP contribution in [0.25, 0.3) is 11.0 Å². The molecule has 0 spiro atoms. The maximum atomic E-state index is 11.7. The third-order valence-corrected chi connectivity index (χ3v) is 3.88. The number of carbonyl (C=O) groups excluding carboxylic acids is 1. The molecule has 1 saturated heterocycles. The number of nitrogens with two attached hydrogens (primary N) is 1. The van der Waals surface area contributed by atoms with Gasteiger partial charge in [-0.1, -0.05) is 6.58 Å². The van der Waals surface area contributed by atoms with Gasteiger partial charge in [0.05, 0.1) is 23.6 Å². The first-order valence-electron chi connectivity index (χ1n) is 7.20. The second kappa shape index (κ2) is 6.07. The standard InChI is InChI=1S/C15H19N5O2/c1-2-22-12-8-17-5-4-11(12)20-13-9-3-6-18-15(9)19-7-10(13)14(16)21/h2-3,6-7,11-12,17H,1,4-5,8H2,(H2,16,21)(H2,18,19,20)/t11-,12+/m1/s1. The molecule has 1 aliphatic heterocycles. The predicted octanol–water partition coefficient (Wildman–Crippen LogP) is 0.964. The van der Waals surface area contributed by atoms with Gasteiger partial charge >= 0.3 is 0 Å². The van der Waals surface area contributed by atoms with Gasteiger partial charge in [-0.2, -0.15) is 0 Å². The highest BCUT2D eigenvalue weighted by Gasteiger charge is 2.27. The average Bonchev–Trinajstić information content (AvgIpc) is 2.98. The number of nitrogens with one attached hydrogen (secondary N) is 3. The first kappa shape index (κ1) is 14.4. The summed E-state index contributed by atoms with van der Waals surface area (Å²) in [7, 11) is 0. The molecule has 5 N–H and O–H groups in total. The summed E-state index contributed by atoms with van der Waals surface area (Å²) in [6.45, 7) is 5.21. The Morgan fingerprint density at radius 3 is 3.23 bits per heavy atom. The van der Waals surface area contributed by atoms with Crippen LogP contribution in [0.3, 0.4) is 0 Å². The lowest BCUT2D eigenvalue weighted by molar-refractivity contribution is 0.0996. The van der Waals surface area contributed by atoms with E-state index in [4.69, 9.17) is 10.5 Å². The van der Waals surface area contributed by atoms with Crippen LogP contribution in [0.1, 0.15) is 16.8 Å². The molecule has 116 valence electrons. The molecule has 3 rings (SSSR count). The van der Waals surface area contributed by atoms with E-state index >= 15 is 0 Å². The number of nitrogens with zero attached hydrogens (tertiary/aromatic N) is 1. The minimum atomic E-state index is -0.506. The quantitative estimate of drug-likeness (QED) is 0.616. The van der Waals surface area contributed by atoms with E-state index in [1.165, 1.54) is 12.5 Å². The fraction of sp³-hybridized carbons (Fsp3) is 0.333. The average molecular weight is 301 g/mol. The third-order valence-electron chi connectivity index (χ3n) is 3.88. The van der Waals surface area contributed by atoms with Crippen LogP contribution in [0.5, 0.6) is 0 Å². The molecule has 0 radical (unpaired) electrons. The van der Waals surface area contributed by atoms with Crippen LogP contribution in [-0.2, 0) is 4.74 Å². The predicted molar refractivity (Wildman–Crippen MR) is 84.6 cm³/mol. The molecule has 0 bridgehead atoms. The lowest BCUT2D eigenvalue weighted by atomic mass is 10.0. The van der Waals surface area contributed by atoms with Gasteiger partial charge in [0.2, 0.25) is 0 Å². The number of anilines is 1. The number of aromatic nitrogens is 2. The third kappa shape index (κ3) is 2.62. The monoisotopic (exact) mass is 301 g/mol. The summed E-state index contributed by atoms with van der Waals surface area (Å²) in [5, 5.41) is 7.54. The van der Waals surface area contributed by atoms with Crippen molar-refractivity contribution in [1.82, 2.24) is 15.3 Å². The van der Waals surface area contributed by atoms with Gasteiger partial charge in [0.1, 0.15) is 11.8 Å². The molecule has 2 aromatic heterocycles. The van der Waals surface area contributed by atoms with Crippen molar-refractivity contribution in [2.24, 2.45) is 5.73 Å². The minimum Gasteiger partial charge on any atom is -0.495 e. The van der Waals surface area contributed by atoms with E-state index in [-0.39, 0.29) is 12.1 Å². The summed E-state index contributed by atoms with van der Waals surface area (Å²) in [6, 6.07) is 1.93. The molecule has 2 aromatic rings. The largest absolute Gasteiger partial charge is 0.495 e. The summed E-state index contributed by atoms with van der Waals surface area (Å²) in [4.78, 5) is 19.0. The summed E-state index contributed by atoms with van der Waals surface area (Å²) in [6.07, 6.45) is 5.53. The number of amides is 1. The zero-order valence-corrected chi connectivity index (χ0v) is 12.1. The van der Waals surface area contributed by atoms with Gasteiger partial charge in [0.25, 0.3) is 5.91 Å². The molecule has 1 aliphatic rings. The number of aromatic amines is 1. The van der Waals surface area contributed by atoms with Crippen molar-refractivity contribution in [2.45, 2.75) is 18.6 Å². The molecule has 0 unspecified atom stereocenters. The van der Waals surface area contributed by atoms with Gasteiger partial charge < -0.3 is 26.1 Å². The molecule has 7 heteroatoms. The van der Waals surface area contributed by atoms with E-state index in [1.807, 2.05) is 6.07 Å². The number of hydrogen-bond donors (Lipinski definition) is 4. The molecule has 0 saturated carbocycles. The van der Waals surface area contributed by atoms with Crippen LogP contribution < -0.4 is 16.4 Å². The van der Waals surface area contributed by atoms with Crippen molar-refractivity contribution in [1.29, 1.82) is 0 Å². The number of fused-ring (bicyclic) bond motifs is 1. The Labute approximate surface area is 127 Å². The number of hydrogen-bond acceptors (Lipinski definition) is 5. The Morgan fingerprint density at radius 2 is 2.45 bits per heavy atom.